The van der Waals surface area contributed by atoms with Crippen LogP contribution in [0.5, 0.6) is 0 Å². The fourth-order valence-corrected chi connectivity index (χ4v) is 2.48. The normalized spacial score (nSPS) is 10.9. The second-order valence-corrected chi connectivity index (χ2v) is 5.71. The Kier molecular flexibility index (Phi) is 5.63. The Morgan fingerprint density at radius 3 is 2.53 bits per heavy atom. The lowest BCUT2D eigenvalue weighted by molar-refractivity contribution is 0.184. The van der Waals surface area contributed by atoms with Gasteiger partial charge in [0.25, 0.3) is 0 Å². The molecule has 1 aromatic heterocycles. The number of halogens is 2. The second-order valence-electron chi connectivity index (χ2n) is 4.14. The summed E-state index contributed by atoms with van der Waals surface area (Å²) in [5, 5.41) is 3.37. The molecule has 0 saturated heterocycles. The van der Waals surface area contributed by atoms with Crippen LogP contribution >= 0.6 is 31.9 Å². The molecular formula is C14H15Br2NO2. The molecule has 1 heterocycles. The van der Waals surface area contributed by atoms with Crippen molar-refractivity contribution >= 4 is 31.9 Å². The highest BCUT2D eigenvalue weighted by molar-refractivity contribution is 9.13. The molecule has 0 fully saturated rings. The summed E-state index contributed by atoms with van der Waals surface area (Å²) >= 11 is 6.73. The van der Waals surface area contributed by atoms with E-state index < -0.39 is 0 Å². The Labute approximate surface area is 129 Å². The average Bonchev–Trinajstić information content (AvgIpc) is 2.71. The monoisotopic (exact) mass is 387 g/mol. The van der Waals surface area contributed by atoms with Gasteiger partial charge in [0.05, 0.1) is 17.6 Å². The number of hydrogen-bond donors (Lipinski definition) is 1. The third kappa shape index (κ3) is 4.18. The maximum atomic E-state index is 5.51. The minimum Gasteiger partial charge on any atom is -0.452 e. The van der Waals surface area contributed by atoms with Crippen molar-refractivity contribution in [3.63, 3.8) is 0 Å². The Morgan fingerprint density at radius 1 is 1.16 bits per heavy atom. The van der Waals surface area contributed by atoms with E-state index in [0.717, 1.165) is 21.4 Å². The molecule has 2 rings (SSSR count). The molecule has 1 N–H and O–H groups in total. The van der Waals surface area contributed by atoms with Gasteiger partial charge >= 0.3 is 0 Å². The van der Waals surface area contributed by atoms with Gasteiger partial charge in [-0.25, -0.2) is 0 Å². The summed E-state index contributed by atoms with van der Waals surface area (Å²) in [5.74, 6) is 0.892. The number of ether oxygens (including phenoxy) is 1. The lowest BCUT2D eigenvalue weighted by Crippen LogP contribution is -2.13. The number of nitrogens with one attached hydrogen (secondary N) is 1. The first-order valence-corrected chi connectivity index (χ1v) is 7.49. The molecule has 0 aliphatic carbocycles. The molecule has 5 heteroatoms. The molecule has 1 aromatic carbocycles. The minimum atomic E-state index is 0.635. The van der Waals surface area contributed by atoms with Gasteiger partial charge in [0.15, 0.2) is 4.67 Å². The molecule has 3 nitrogen and oxygen atoms in total. The third-order valence-electron chi connectivity index (χ3n) is 2.73. The Morgan fingerprint density at radius 2 is 1.89 bits per heavy atom. The molecule has 0 unspecified atom stereocenters. The number of furan rings is 1. The van der Waals surface area contributed by atoms with E-state index in [0.29, 0.717) is 13.2 Å². The van der Waals surface area contributed by atoms with Crippen LogP contribution in [0, 0.1) is 0 Å². The van der Waals surface area contributed by atoms with E-state index in [1.54, 1.807) is 7.11 Å². The zero-order chi connectivity index (χ0) is 13.7. The lowest BCUT2D eigenvalue weighted by Gasteiger charge is -2.09. The molecule has 2 aromatic rings. The van der Waals surface area contributed by atoms with Crippen molar-refractivity contribution in [3.05, 3.63) is 56.4 Å². The topological polar surface area (TPSA) is 34.4 Å². The number of benzene rings is 1. The van der Waals surface area contributed by atoms with Crippen LogP contribution in [0.25, 0.3) is 0 Å². The standard InChI is InChI=1S/C14H15Br2NO2/c1-18-9-11-5-3-2-4-10(11)7-17-8-12-6-13(15)14(16)19-12/h2-6,17H,7-9H2,1H3. The highest BCUT2D eigenvalue weighted by atomic mass is 79.9. The van der Waals surface area contributed by atoms with Crippen LogP contribution in [-0.2, 0) is 24.4 Å². The van der Waals surface area contributed by atoms with Crippen molar-refractivity contribution in [2.45, 2.75) is 19.7 Å². The number of methoxy groups -OCH3 is 1. The SMILES string of the molecule is COCc1ccccc1CNCc1cc(Br)c(Br)o1. The van der Waals surface area contributed by atoms with Gasteiger partial charge in [-0.05, 0) is 49.1 Å². The maximum Gasteiger partial charge on any atom is 0.183 e. The predicted octanol–water partition coefficient (Wildman–Crippen LogP) is 4.24. The summed E-state index contributed by atoms with van der Waals surface area (Å²) in [7, 11) is 1.71. The van der Waals surface area contributed by atoms with Gasteiger partial charge in [0.1, 0.15) is 5.76 Å². The lowest BCUT2D eigenvalue weighted by atomic mass is 10.1. The molecule has 0 atom stereocenters. The van der Waals surface area contributed by atoms with E-state index in [2.05, 4.69) is 49.3 Å². The molecule has 0 radical (unpaired) electrons. The highest BCUT2D eigenvalue weighted by Gasteiger charge is 2.06. The third-order valence-corrected chi connectivity index (χ3v) is 4.44. The average molecular weight is 389 g/mol. The van der Waals surface area contributed by atoms with Crippen LogP contribution in [0.2, 0.25) is 0 Å². The fourth-order valence-electron chi connectivity index (χ4n) is 1.83. The van der Waals surface area contributed by atoms with Crippen molar-refractivity contribution < 1.29 is 9.15 Å². The van der Waals surface area contributed by atoms with Gasteiger partial charge in [-0.1, -0.05) is 24.3 Å². The maximum absolute atomic E-state index is 5.51. The quantitative estimate of drug-likeness (QED) is 0.803. The summed E-state index contributed by atoms with van der Waals surface area (Å²) in [6.45, 7) is 2.11. The van der Waals surface area contributed by atoms with Gasteiger partial charge < -0.3 is 14.5 Å². The van der Waals surface area contributed by atoms with Crippen molar-refractivity contribution in [2.75, 3.05) is 7.11 Å². The van der Waals surface area contributed by atoms with Gasteiger partial charge in [-0.15, -0.1) is 0 Å². The summed E-state index contributed by atoms with van der Waals surface area (Å²) in [5.41, 5.74) is 2.45. The summed E-state index contributed by atoms with van der Waals surface area (Å²) in [6, 6.07) is 10.2. The zero-order valence-corrected chi connectivity index (χ0v) is 13.8. The van der Waals surface area contributed by atoms with Crippen molar-refractivity contribution in [2.24, 2.45) is 0 Å². The smallest absolute Gasteiger partial charge is 0.183 e. The molecule has 19 heavy (non-hydrogen) atoms. The Balaban J connectivity index is 1.92. The highest BCUT2D eigenvalue weighted by Crippen LogP contribution is 2.26. The van der Waals surface area contributed by atoms with Crippen LogP contribution in [0.1, 0.15) is 16.9 Å². The first-order valence-electron chi connectivity index (χ1n) is 5.91. The van der Waals surface area contributed by atoms with Crippen LogP contribution in [-0.4, -0.2) is 7.11 Å². The largest absolute Gasteiger partial charge is 0.452 e. The summed E-state index contributed by atoms with van der Waals surface area (Å²) in [6.07, 6.45) is 0. The molecule has 0 spiro atoms. The predicted molar refractivity (Wildman–Crippen MR) is 81.8 cm³/mol. The molecule has 0 saturated carbocycles. The van der Waals surface area contributed by atoms with Gasteiger partial charge in [-0.2, -0.15) is 0 Å². The number of hydrogen-bond acceptors (Lipinski definition) is 3. The summed E-state index contributed by atoms with van der Waals surface area (Å²) < 4.78 is 12.4. The Bertz CT molecular complexity index is 520. The van der Waals surface area contributed by atoms with E-state index in [1.165, 1.54) is 11.1 Å². The van der Waals surface area contributed by atoms with Crippen molar-refractivity contribution in [1.82, 2.24) is 5.32 Å². The fraction of sp³-hybridized carbons (Fsp3) is 0.286. The molecule has 0 bridgehead atoms. The molecule has 0 aliphatic rings. The van der Waals surface area contributed by atoms with Crippen LogP contribution in [0.15, 0.2) is 43.9 Å². The van der Waals surface area contributed by atoms with E-state index in [1.807, 2.05) is 18.2 Å². The number of rotatable bonds is 6. The van der Waals surface area contributed by atoms with Crippen molar-refractivity contribution in [3.8, 4) is 0 Å². The Hall–Kier alpha value is -0.620. The van der Waals surface area contributed by atoms with E-state index in [9.17, 15) is 0 Å². The molecular weight excluding hydrogens is 374 g/mol. The summed E-state index contributed by atoms with van der Waals surface area (Å²) in [4.78, 5) is 0. The van der Waals surface area contributed by atoms with Crippen molar-refractivity contribution in [1.29, 1.82) is 0 Å². The van der Waals surface area contributed by atoms with Gasteiger partial charge in [0.2, 0.25) is 0 Å². The first kappa shape index (κ1) is 14.8. The van der Waals surface area contributed by atoms with Crippen LogP contribution < -0.4 is 5.32 Å². The van der Waals surface area contributed by atoms with Gasteiger partial charge in [0, 0.05) is 13.7 Å². The van der Waals surface area contributed by atoms with Gasteiger partial charge in [-0.3, -0.25) is 0 Å². The van der Waals surface area contributed by atoms with Crippen LogP contribution in [0.4, 0.5) is 0 Å². The minimum absolute atomic E-state index is 0.635. The van der Waals surface area contributed by atoms with E-state index >= 15 is 0 Å². The van der Waals surface area contributed by atoms with E-state index in [-0.39, 0.29) is 0 Å². The second kappa shape index (κ2) is 7.24. The first-order chi connectivity index (χ1) is 9.20. The van der Waals surface area contributed by atoms with E-state index in [4.69, 9.17) is 9.15 Å². The molecule has 0 amide bonds. The van der Waals surface area contributed by atoms with Crippen LogP contribution in [0.3, 0.4) is 0 Å². The molecule has 102 valence electrons. The molecule has 0 aliphatic heterocycles. The zero-order valence-electron chi connectivity index (χ0n) is 10.6.